The molecule has 0 saturated heterocycles. The second-order valence-corrected chi connectivity index (χ2v) is 6.64. The average Bonchev–Trinajstić information content (AvgIpc) is 2.65. The number of amides is 1. The first kappa shape index (κ1) is 18.7. The molecule has 0 fully saturated rings. The van der Waals surface area contributed by atoms with E-state index in [4.69, 9.17) is 16.3 Å². The first-order valence-electron chi connectivity index (χ1n) is 8.40. The highest BCUT2D eigenvalue weighted by Gasteiger charge is 2.11. The minimum Gasteiger partial charge on any atom is -0.495 e. The lowest BCUT2D eigenvalue weighted by molar-refractivity contribution is 0.102. The first-order valence-corrected chi connectivity index (χ1v) is 8.78. The van der Waals surface area contributed by atoms with Crippen LogP contribution in [0.4, 0.5) is 17.1 Å². The van der Waals surface area contributed by atoms with E-state index in [-0.39, 0.29) is 5.91 Å². The van der Waals surface area contributed by atoms with E-state index < -0.39 is 0 Å². The summed E-state index contributed by atoms with van der Waals surface area (Å²) in [4.78, 5) is 16.8. The summed E-state index contributed by atoms with van der Waals surface area (Å²) >= 11 is 6.02. The van der Waals surface area contributed by atoms with Crippen molar-refractivity contribution in [3.63, 3.8) is 0 Å². The molecule has 6 heteroatoms. The van der Waals surface area contributed by atoms with Crippen LogP contribution in [0.2, 0.25) is 5.02 Å². The summed E-state index contributed by atoms with van der Waals surface area (Å²) in [5.74, 6) is 0.456. The van der Waals surface area contributed by atoms with Gasteiger partial charge in [0.15, 0.2) is 0 Å². The fraction of sp³-hybridized carbons (Fsp3) is 0.143. The Morgan fingerprint density at radius 1 is 1.04 bits per heavy atom. The fourth-order valence-electron chi connectivity index (χ4n) is 2.63. The molecule has 0 radical (unpaired) electrons. The summed E-state index contributed by atoms with van der Waals surface area (Å²) < 4.78 is 5.38. The number of hydrogen-bond acceptors (Lipinski definition) is 4. The summed E-state index contributed by atoms with van der Waals surface area (Å²) in [6.07, 6.45) is 3.18. The molecule has 1 heterocycles. The van der Waals surface area contributed by atoms with Crippen molar-refractivity contribution in [1.82, 2.24) is 4.98 Å². The lowest BCUT2D eigenvalue weighted by atomic mass is 10.1. The molecule has 0 aliphatic heterocycles. The Balaban J connectivity index is 1.82. The van der Waals surface area contributed by atoms with Gasteiger partial charge < -0.3 is 15.4 Å². The molecule has 2 N–H and O–H groups in total. The van der Waals surface area contributed by atoms with Crippen LogP contribution >= 0.6 is 11.6 Å². The number of anilines is 3. The van der Waals surface area contributed by atoms with Crippen molar-refractivity contribution in [2.45, 2.75) is 13.8 Å². The Bertz CT molecular complexity index is 989. The van der Waals surface area contributed by atoms with Crippen molar-refractivity contribution >= 4 is 34.6 Å². The SMILES string of the molecule is COc1ccc(C)cc1Nc1cncc(C(=O)Nc2cc(Cl)ccc2C)c1. The van der Waals surface area contributed by atoms with Crippen LogP contribution < -0.4 is 15.4 Å². The highest BCUT2D eigenvalue weighted by Crippen LogP contribution is 2.28. The number of rotatable bonds is 5. The number of benzene rings is 2. The molecule has 0 bridgehead atoms. The van der Waals surface area contributed by atoms with Gasteiger partial charge in [0.05, 0.1) is 30.2 Å². The second kappa shape index (κ2) is 8.10. The molecule has 0 saturated carbocycles. The Morgan fingerprint density at radius 2 is 1.85 bits per heavy atom. The van der Waals surface area contributed by atoms with Gasteiger partial charge in [-0.3, -0.25) is 9.78 Å². The molecule has 27 heavy (non-hydrogen) atoms. The zero-order valence-electron chi connectivity index (χ0n) is 15.3. The summed E-state index contributed by atoms with van der Waals surface area (Å²) in [5, 5.41) is 6.70. The molecule has 2 aromatic carbocycles. The standard InChI is InChI=1S/C21H20ClN3O2/c1-13-4-7-20(27-3)19(8-13)24-17-9-15(11-23-12-17)21(26)25-18-10-16(22)6-5-14(18)2/h4-12,24H,1-3H3,(H,25,26). The zero-order valence-corrected chi connectivity index (χ0v) is 16.1. The summed E-state index contributed by atoms with van der Waals surface area (Å²) in [5.41, 5.74) is 4.63. The maximum Gasteiger partial charge on any atom is 0.257 e. The van der Waals surface area contributed by atoms with E-state index in [9.17, 15) is 4.79 Å². The molecule has 5 nitrogen and oxygen atoms in total. The van der Waals surface area contributed by atoms with Crippen LogP contribution in [0, 0.1) is 13.8 Å². The number of pyridine rings is 1. The van der Waals surface area contributed by atoms with E-state index in [1.165, 1.54) is 6.20 Å². The average molecular weight is 382 g/mol. The van der Waals surface area contributed by atoms with Crippen molar-refractivity contribution in [1.29, 1.82) is 0 Å². The Labute approximate surface area is 163 Å². The van der Waals surface area contributed by atoms with Gasteiger partial charge in [-0.25, -0.2) is 0 Å². The van der Waals surface area contributed by atoms with Gasteiger partial charge in [0.1, 0.15) is 5.75 Å². The Kier molecular flexibility index (Phi) is 5.62. The maximum atomic E-state index is 12.6. The van der Waals surface area contributed by atoms with Crippen molar-refractivity contribution in [3.8, 4) is 5.75 Å². The van der Waals surface area contributed by atoms with Gasteiger partial charge in [0.2, 0.25) is 0 Å². The molecule has 0 aliphatic carbocycles. The van der Waals surface area contributed by atoms with Crippen molar-refractivity contribution < 1.29 is 9.53 Å². The number of halogens is 1. The smallest absolute Gasteiger partial charge is 0.257 e. The molecule has 3 aromatic rings. The topological polar surface area (TPSA) is 63.2 Å². The molecule has 138 valence electrons. The first-order chi connectivity index (χ1) is 13.0. The number of ether oxygens (including phenoxy) is 1. The maximum absolute atomic E-state index is 12.6. The van der Waals surface area contributed by atoms with Crippen LogP contribution in [0.5, 0.6) is 5.75 Å². The number of nitrogens with one attached hydrogen (secondary N) is 2. The van der Waals surface area contributed by atoms with Crippen LogP contribution in [0.1, 0.15) is 21.5 Å². The molecular formula is C21H20ClN3O2. The van der Waals surface area contributed by atoms with Gasteiger partial charge in [-0.15, -0.1) is 0 Å². The van der Waals surface area contributed by atoms with Gasteiger partial charge >= 0.3 is 0 Å². The van der Waals surface area contributed by atoms with Crippen LogP contribution in [-0.2, 0) is 0 Å². The van der Waals surface area contributed by atoms with Crippen LogP contribution in [-0.4, -0.2) is 18.0 Å². The van der Waals surface area contributed by atoms with Crippen molar-refractivity contribution in [2.75, 3.05) is 17.7 Å². The molecular weight excluding hydrogens is 362 g/mol. The molecule has 0 atom stereocenters. The Hall–Kier alpha value is -3.05. The number of aryl methyl sites for hydroxylation is 2. The third kappa shape index (κ3) is 4.57. The summed E-state index contributed by atoms with van der Waals surface area (Å²) in [6, 6.07) is 12.9. The fourth-order valence-corrected chi connectivity index (χ4v) is 2.80. The van der Waals surface area contributed by atoms with Crippen molar-refractivity contribution in [2.24, 2.45) is 0 Å². The predicted molar refractivity (Wildman–Crippen MR) is 109 cm³/mol. The van der Waals surface area contributed by atoms with E-state index in [1.54, 1.807) is 31.5 Å². The predicted octanol–water partition coefficient (Wildman–Crippen LogP) is 5.36. The number of aromatic nitrogens is 1. The molecule has 0 unspecified atom stereocenters. The highest BCUT2D eigenvalue weighted by molar-refractivity contribution is 6.31. The second-order valence-electron chi connectivity index (χ2n) is 6.20. The Morgan fingerprint density at radius 3 is 2.63 bits per heavy atom. The van der Waals surface area contributed by atoms with Crippen LogP contribution in [0.15, 0.2) is 54.9 Å². The van der Waals surface area contributed by atoms with E-state index in [1.807, 2.05) is 38.1 Å². The lowest BCUT2D eigenvalue weighted by Gasteiger charge is -2.13. The summed E-state index contributed by atoms with van der Waals surface area (Å²) in [6.45, 7) is 3.91. The molecule has 1 amide bonds. The number of carbonyl (C=O) groups is 1. The normalized spacial score (nSPS) is 10.4. The van der Waals surface area contributed by atoms with Crippen molar-refractivity contribution in [3.05, 3.63) is 76.6 Å². The monoisotopic (exact) mass is 381 g/mol. The molecule has 1 aromatic heterocycles. The molecule has 3 rings (SSSR count). The van der Waals surface area contributed by atoms with Gasteiger partial charge in [-0.1, -0.05) is 23.7 Å². The van der Waals surface area contributed by atoms with E-state index in [0.29, 0.717) is 27.7 Å². The summed E-state index contributed by atoms with van der Waals surface area (Å²) in [7, 11) is 1.62. The number of methoxy groups -OCH3 is 1. The number of nitrogens with zero attached hydrogens (tertiary/aromatic N) is 1. The zero-order chi connectivity index (χ0) is 19.4. The third-order valence-electron chi connectivity index (χ3n) is 4.08. The minimum atomic E-state index is -0.257. The van der Waals surface area contributed by atoms with E-state index in [2.05, 4.69) is 15.6 Å². The van der Waals surface area contributed by atoms with Crippen LogP contribution in [0.25, 0.3) is 0 Å². The van der Waals surface area contributed by atoms with E-state index >= 15 is 0 Å². The molecule has 0 spiro atoms. The van der Waals surface area contributed by atoms with E-state index in [0.717, 1.165) is 16.8 Å². The molecule has 0 aliphatic rings. The third-order valence-corrected chi connectivity index (χ3v) is 4.32. The largest absolute Gasteiger partial charge is 0.495 e. The highest BCUT2D eigenvalue weighted by atomic mass is 35.5. The van der Waals surface area contributed by atoms with Crippen LogP contribution in [0.3, 0.4) is 0 Å². The van der Waals surface area contributed by atoms with Gasteiger partial charge in [0, 0.05) is 16.9 Å². The number of hydrogen-bond donors (Lipinski definition) is 2. The lowest BCUT2D eigenvalue weighted by Crippen LogP contribution is -2.13. The van der Waals surface area contributed by atoms with Gasteiger partial charge in [-0.2, -0.15) is 0 Å². The minimum absolute atomic E-state index is 0.257. The van der Waals surface area contributed by atoms with Gasteiger partial charge in [0.25, 0.3) is 5.91 Å². The number of carbonyl (C=O) groups excluding carboxylic acids is 1. The quantitative estimate of drug-likeness (QED) is 0.624. The van der Waals surface area contributed by atoms with Gasteiger partial charge in [-0.05, 0) is 55.3 Å².